The molecule has 0 saturated carbocycles. The predicted octanol–water partition coefficient (Wildman–Crippen LogP) is 5.95. The maximum Gasteiger partial charge on any atom is 0.0260 e. The highest BCUT2D eigenvalue weighted by atomic mass is 127. The molecule has 4 rings (SSSR count). The summed E-state index contributed by atoms with van der Waals surface area (Å²) in [7, 11) is 0. The zero-order chi connectivity index (χ0) is 12.3. The van der Waals surface area contributed by atoms with Gasteiger partial charge in [0.15, 0.2) is 0 Å². The van der Waals surface area contributed by atoms with E-state index in [1.807, 2.05) is 0 Å². The first kappa shape index (κ1) is 11.0. The molecule has 0 aliphatic rings. The van der Waals surface area contributed by atoms with E-state index in [9.17, 15) is 0 Å². The second-order valence-electron chi connectivity index (χ2n) is 4.52. The van der Waals surface area contributed by atoms with Crippen molar-refractivity contribution in [3.63, 3.8) is 0 Å². The fourth-order valence-electron chi connectivity index (χ4n) is 2.77. The smallest absolute Gasteiger partial charge is 0.0260 e. The third-order valence-electron chi connectivity index (χ3n) is 3.52. The third kappa shape index (κ3) is 1.36. The Hall–Kier alpha value is -0.870. The molecule has 0 heterocycles. The Morgan fingerprint density at radius 2 is 1.39 bits per heavy atom. The van der Waals surface area contributed by atoms with Gasteiger partial charge in [-0.3, -0.25) is 0 Å². The van der Waals surface area contributed by atoms with E-state index in [0.29, 0.717) is 0 Å². The third-order valence-corrected chi connectivity index (χ3v) is 5.07. The summed E-state index contributed by atoms with van der Waals surface area (Å²) in [5, 5.41) is 8.04. The Morgan fingerprint density at radius 1 is 0.778 bits per heavy atom. The van der Waals surface area contributed by atoms with Crippen molar-refractivity contribution in [1.29, 1.82) is 0 Å². The van der Waals surface area contributed by atoms with Crippen molar-refractivity contribution in [3.8, 4) is 0 Å². The maximum atomic E-state index is 3.69. The first-order valence-electron chi connectivity index (χ1n) is 5.77. The van der Waals surface area contributed by atoms with Crippen LogP contribution in [0.3, 0.4) is 0 Å². The normalized spacial score (nSPS) is 11.9. The van der Waals surface area contributed by atoms with Gasteiger partial charge in [-0.05, 0) is 67.0 Å². The molecular weight excluding hydrogens is 399 g/mol. The van der Waals surface area contributed by atoms with Crippen LogP contribution < -0.4 is 0 Å². The van der Waals surface area contributed by atoms with E-state index in [1.165, 1.54) is 40.4 Å². The summed E-state index contributed by atoms with van der Waals surface area (Å²) < 4.78 is 2.50. The molecule has 0 aliphatic carbocycles. The molecule has 0 spiro atoms. The minimum Gasteiger partial charge on any atom is -0.0610 e. The molecular formula is C16H8BrI. The van der Waals surface area contributed by atoms with E-state index in [-0.39, 0.29) is 0 Å². The van der Waals surface area contributed by atoms with E-state index in [2.05, 4.69) is 87.1 Å². The van der Waals surface area contributed by atoms with Crippen molar-refractivity contribution in [2.24, 2.45) is 0 Å². The summed E-state index contributed by atoms with van der Waals surface area (Å²) in [6.07, 6.45) is 0. The fourth-order valence-corrected chi connectivity index (χ4v) is 4.13. The van der Waals surface area contributed by atoms with Gasteiger partial charge in [0.2, 0.25) is 0 Å². The molecule has 0 aromatic heterocycles. The lowest BCUT2D eigenvalue weighted by atomic mass is 9.94. The SMILES string of the molecule is Brc1cc2cccc3c(I)cc4cccc1c4c23. The van der Waals surface area contributed by atoms with Crippen LogP contribution in [0.25, 0.3) is 32.3 Å². The van der Waals surface area contributed by atoms with E-state index in [0.717, 1.165) is 0 Å². The summed E-state index contributed by atoms with van der Waals surface area (Å²) in [6, 6.07) is 17.5. The molecule has 4 aromatic carbocycles. The molecule has 86 valence electrons. The molecule has 2 heteroatoms. The lowest BCUT2D eigenvalue weighted by Crippen LogP contribution is -1.87. The molecule has 0 unspecified atom stereocenters. The summed E-state index contributed by atoms with van der Waals surface area (Å²) >= 11 is 6.12. The van der Waals surface area contributed by atoms with Gasteiger partial charge in [-0.25, -0.2) is 0 Å². The molecule has 0 fully saturated rings. The van der Waals surface area contributed by atoms with Crippen LogP contribution in [0.1, 0.15) is 0 Å². The number of benzene rings is 4. The average Bonchev–Trinajstić information content (AvgIpc) is 2.38. The quantitative estimate of drug-likeness (QED) is 0.250. The minimum atomic E-state index is 1.18. The highest BCUT2D eigenvalue weighted by molar-refractivity contribution is 14.1. The van der Waals surface area contributed by atoms with Gasteiger partial charge in [0.25, 0.3) is 0 Å². The molecule has 0 nitrogen and oxygen atoms in total. The number of hydrogen-bond donors (Lipinski definition) is 0. The van der Waals surface area contributed by atoms with Crippen LogP contribution in [0.15, 0.2) is 53.0 Å². The zero-order valence-corrected chi connectivity index (χ0v) is 13.1. The second-order valence-corrected chi connectivity index (χ2v) is 6.54. The topological polar surface area (TPSA) is 0 Å². The van der Waals surface area contributed by atoms with Crippen LogP contribution >= 0.6 is 38.5 Å². The lowest BCUT2D eigenvalue weighted by Gasteiger charge is -2.13. The molecule has 0 saturated heterocycles. The van der Waals surface area contributed by atoms with Crippen molar-refractivity contribution in [1.82, 2.24) is 0 Å². The van der Waals surface area contributed by atoms with E-state index in [4.69, 9.17) is 0 Å². The van der Waals surface area contributed by atoms with Crippen LogP contribution in [0.5, 0.6) is 0 Å². The first-order valence-corrected chi connectivity index (χ1v) is 7.64. The molecule has 18 heavy (non-hydrogen) atoms. The summed E-state index contributed by atoms with van der Waals surface area (Å²) in [4.78, 5) is 0. The highest BCUT2D eigenvalue weighted by Gasteiger charge is 2.12. The van der Waals surface area contributed by atoms with Gasteiger partial charge >= 0.3 is 0 Å². The Morgan fingerprint density at radius 3 is 2.17 bits per heavy atom. The first-order chi connectivity index (χ1) is 8.75. The molecule has 4 aromatic rings. The molecule has 0 aliphatic heterocycles. The maximum absolute atomic E-state index is 3.69. The number of rotatable bonds is 0. The molecule has 0 radical (unpaired) electrons. The van der Waals surface area contributed by atoms with Crippen molar-refractivity contribution >= 4 is 70.8 Å². The highest BCUT2D eigenvalue weighted by Crippen LogP contribution is 2.39. The van der Waals surface area contributed by atoms with Gasteiger partial charge in [0.05, 0.1) is 0 Å². The predicted molar refractivity (Wildman–Crippen MR) is 90.6 cm³/mol. The van der Waals surface area contributed by atoms with E-state index < -0.39 is 0 Å². The van der Waals surface area contributed by atoms with Crippen LogP contribution in [-0.2, 0) is 0 Å². The summed E-state index contributed by atoms with van der Waals surface area (Å²) in [6.45, 7) is 0. The molecule has 0 bridgehead atoms. The molecule has 0 N–H and O–H groups in total. The van der Waals surface area contributed by atoms with Crippen LogP contribution in [0.4, 0.5) is 0 Å². The van der Waals surface area contributed by atoms with Crippen molar-refractivity contribution in [3.05, 3.63) is 56.6 Å². The van der Waals surface area contributed by atoms with Crippen molar-refractivity contribution in [2.75, 3.05) is 0 Å². The Bertz CT molecular complexity index is 820. The van der Waals surface area contributed by atoms with Gasteiger partial charge in [-0.15, -0.1) is 0 Å². The summed E-state index contributed by atoms with van der Waals surface area (Å²) in [5.74, 6) is 0. The van der Waals surface area contributed by atoms with Gasteiger partial charge < -0.3 is 0 Å². The number of halogens is 2. The van der Waals surface area contributed by atoms with Gasteiger partial charge in [-0.2, -0.15) is 0 Å². The fraction of sp³-hybridized carbons (Fsp3) is 0. The van der Waals surface area contributed by atoms with Gasteiger partial charge in [0, 0.05) is 8.04 Å². The van der Waals surface area contributed by atoms with Crippen molar-refractivity contribution < 1.29 is 0 Å². The Labute approximate surface area is 127 Å². The minimum absolute atomic E-state index is 1.18. The van der Waals surface area contributed by atoms with Crippen molar-refractivity contribution in [2.45, 2.75) is 0 Å². The molecule has 0 atom stereocenters. The molecule has 0 amide bonds. The monoisotopic (exact) mass is 406 g/mol. The number of hydrogen-bond acceptors (Lipinski definition) is 0. The van der Waals surface area contributed by atoms with E-state index >= 15 is 0 Å². The lowest BCUT2D eigenvalue weighted by molar-refractivity contribution is 1.73. The van der Waals surface area contributed by atoms with Crippen LogP contribution in [0.2, 0.25) is 0 Å². The summed E-state index contributed by atoms with van der Waals surface area (Å²) in [5.41, 5.74) is 0. The van der Waals surface area contributed by atoms with Gasteiger partial charge in [-0.1, -0.05) is 52.3 Å². The average molecular weight is 407 g/mol. The van der Waals surface area contributed by atoms with E-state index in [1.54, 1.807) is 0 Å². The Balaban J connectivity index is 2.50. The van der Waals surface area contributed by atoms with Crippen LogP contribution in [0, 0.1) is 3.57 Å². The largest absolute Gasteiger partial charge is 0.0610 e. The standard InChI is InChI=1S/C16H8BrI/c17-13-7-9-3-2-6-12-14(18)8-10-4-1-5-11(13)15(10)16(9)12/h1-8H. The zero-order valence-electron chi connectivity index (χ0n) is 9.37. The Kier molecular flexibility index (Phi) is 2.33. The van der Waals surface area contributed by atoms with Gasteiger partial charge in [0.1, 0.15) is 0 Å². The second kappa shape index (κ2) is 3.81. The van der Waals surface area contributed by atoms with Crippen LogP contribution in [-0.4, -0.2) is 0 Å².